The number of carbonyl (C=O) groups is 1. The van der Waals surface area contributed by atoms with Gasteiger partial charge in [0.1, 0.15) is 5.01 Å². The third-order valence-corrected chi connectivity index (χ3v) is 5.09. The van der Waals surface area contributed by atoms with E-state index in [1.54, 1.807) is 11.3 Å². The molecule has 1 fully saturated rings. The zero-order chi connectivity index (χ0) is 16.3. The molecule has 1 aromatic rings. The summed E-state index contributed by atoms with van der Waals surface area (Å²) >= 11 is 1.61. The Morgan fingerprint density at radius 2 is 2.05 bits per heavy atom. The van der Waals surface area contributed by atoms with Crippen LogP contribution in [-0.2, 0) is 5.41 Å². The van der Waals surface area contributed by atoms with E-state index >= 15 is 0 Å². The SMILES string of the molecule is C[C@H](NC(=O)NC1CCN(C)CC1)c1nc(C(C)(C)C)cs1. The number of amides is 2. The summed E-state index contributed by atoms with van der Waals surface area (Å²) in [6, 6.07) is 0.131. The number of urea groups is 1. The largest absolute Gasteiger partial charge is 0.335 e. The predicted molar refractivity (Wildman–Crippen MR) is 91.4 cm³/mol. The van der Waals surface area contributed by atoms with Gasteiger partial charge in [0, 0.05) is 16.8 Å². The van der Waals surface area contributed by atoms with Crippen molar-refractivity contribution in [3.8, 4) is 0 Å². The van der Waals surface area contributed by atoms with Crippen LogP contribution in [0.5, 0.6) is 0 Å². The van der Waals surface area contributed by atoms with Crippen molar-refractivity contribution in [1.82, 2.24) is 20.5 Å². The molecule has 1 aliphatic rings. The first kappa shape index (κ1) is 17.2. The van der Waals surface area contributed by atoms with Crippen LogP contribution in [0.4, 0.5) is 4.79 Å². The lowest BCUT2D eigenvalue weighted by molar-refractivity contribution is 0.212. The van der Waals surface area contributed by atoms with Gasteiger partial charge < -0.3 is 15.5 Å². The number of hydrogen-bond donors (Lipinski definition) is 2. The van der Waals surface area contributed by atoms with Crippen LogP contribution < -0.4 is 10.6 Å². The molecule has 2 N–H and O–H groups in total. The van der Waals surface area contributed by atoms with Crippen molar-refractivity contribution in [2.24, 2.45) is 0 Å². The number of piperidine rings is 1. The third-order valence-electron chi connectivity index (χ3n) is 4.06. The summed E-state index contributed by atoms with van der Waals surface area (Å²) in [6.07, 6.45) is 2.04. The molecule has 22 heavy (non-hydrogen) atoms. The second-order valence-electron chi connectivity index (χ2n) is 7.24. The Morgan fingerprint density at radius 3 is 2.59 bits per heavy atom. The van der Waals surface area contributed by atoms with Crippen molar-refractivity contribution in [2.75, 3.05) is 20.1 Å². The molecule has 2 rings (SSSR count). The van der Waals surface area contributed by atoms with Gasteiger partial charge in [-0.2, -0.15) is 0 Å². The zero-order valence-corrected chi connectivity index (χ0v) is 15.1. The first-order valence-electron chi connectivity index (χ1n) is 7.97. The lowest BCUT2D eigenvalue weighted by Gasteiger charge is -2.29. The molecular weight excluding hydrogens is 296 g/mol. The normalized spacial score (nSPS) is 19.0. The molecule has 2 amide bonds. The molecule has 0 bridgehead atoms. The summed E-state index contributed by atoms with van der Waals surface area (Å²) < 4.78 is 0. The molecule has 1 aliphatic heterocycles. The molecule has 124 valence electrons. The molecule has 0 saturated carbocycles. The summed E-state index contributed by atoms with van der Waals surface area (Å²) in [4.78, 5) is 19.1. The van der Waals surface area contributed by atoms with E-state index in [4.69, 9.17) is 0 Å². The summed E-state index contributed by atoms with van der Waals surface area (Å²) in [7, 11) is 2.12. The minimum atomic E-state index is -0.0884. The number of thiazole rings is 1. The molecule has 0 aromatic carbocycles. The molecule has 1 atom stereocenters. The minimum absolute atomic E-state index is 0.0465. The lowest BCUT2D eigenvalue weighted by Crippen LogP contribution is -2.47. The fraction of sp³-hybridized carbons (Fsp3) is 0.750. The highest BCUT2D eigenvalue weighted by atomic mass is 32.1. The van der Waals surface area contributed by atoms with Crippen molar-refractivity contribution in [3.63, 3.8) is 0 Å². The molecule has 0 spiro atoms. The molecule has 0 aliphatic carbocycles. The standard InChI is InChI=1S/C16H28N4OS/c1-11(14-19-13(10-22-14)16(2,3)4)17-15(21)18-12-6-8-20(5)9-7-12/h10-12H,6-9H2,1-5H3,(H2,17,18,21)/t11-/m0/s1. The second-order valence-corrected chi connectivity index (χ2v) is 8.13. The molecular formula is C16H28N4OS. The van der Waals surface area contributed by atoms with Gasteiger partial charge in [-0.25, -0.2) is 9.78 Å². The summed E-state index contributed by atoms with van der Waals surface area (Å²) in [5.74, 6) is 0. The maximum atomic E-state index is 12.1. The Labute approximate surface area is 137 Å². The third kappa shape index (κ3) is 4.68. The Kier molecular flexibility index (Phi) is 5.45. The van der Waals surface area contributed by atoms with Crippen molar-refractivity contribution < 1.29 is 4.79 Å². The fourth-order valence-electron chi connectivity index (χ4n) is 2.47. The second kappa shape index (κ2) is 6.96. The smallest absolute Gasteiger partial charge is 0.315 e. The van der Waals surface area contributed by atoms with E-state index in [0.717, 1.165) is 36.6 Å². The number of nitrogens with one attached hydrogen (secondary N) is 2. The molecule has 2 heterocycles. The van der Waals surface area contributed by atoms with Gasteiger partial charge in [-0.1, -0.05) is 20.8 Å². The number of carbonyl (C=O) groups excluding carboxylic acids is 1. The van der Waals surface area contributed by atoms with E-state index in [1.165, 1.54) is 0 Å². The van der Waals surface area contributed by atoms with Gasteiger partial charge in [-0.3, -0.25) is 0 Å². The summed E-state index contributed by atoms with van der Waals surface area (Å²) in [5.41, 5.74) is 1.13. The molecule has 1 saturated heterocycles. The number of hydrogen-bond acceptors (Lipinski definition) is 4. The number of rotatable bonds is 3. The van der Waals surface area contributed by atoms with E-state index in [9.17, 15) is 4.79 Å². The van der Waals surface area contributed by atoms with Gasteiger partial charge in [0.05, 0.1) is 11.7 Å². The van der Waals surface area contributed by atoms with Crippen molar-refractivity contribution in [1.29, 1.82) is 0 Å². The van der Waals surface area contributed by atoms with Crippen LogP contribution in [0.1, 0.15) is 57.3 Å². The number of likely N-dealkylation sites (tertiary alicyclic amines) is 1. The van der Waals surface area contributed by atoms with E-state index in [1.807, 2.05) is 6.92 Å². The zero-order valence-electron chi connectivity index (χ0n) is 14.3. The average molecular weight is 324 g/mol. The Hall–Kier alpha value is -1.14. The van der Waals surface area contributed by atoms with Crippen LogP contribution in [0.2, 0.25) is 0 Å². The quantitative estimate of drug-likeness (QED) is 0.899. The highest BCUT2D eigenvalue weighted by molar-refractivity contribution is 7.09. The van der Waals surface area contributed by atoms with Crippen molar-refractivity contribution >= 4 is 17.4 Å². The Balaban J connectivity index is 1.84. The minimum Gasteiger partial charge on any atom is -0.335 e. The first-order chi connectivity index (χ1) is 10.3. The predicted octanol–water partition coefficient (Wildman–Crippen LogP) is 2.90. The Morgan fingerprint density at radius 1 is 1.41 bits per heavy atom. The van der Waals surface area contributed by atoms with Crippen LogP contribution in [0, 0.1) is 0 Å². The van der Waals surface area contributed by atoms with Crippen LogP contribution in [-0.4, -0.2) is 42.1 Å². The maximum absolute atomic E-state index is 12.1. The van der Waals surface area contributed by atoms with E-state index < -0.39 is 0 Å². The molecule has 0 radical (unpaired) electrons. The summed E-state index contributed by atoms with van der Waals surface area (Å²) in [6.45, 7) is 10.5. The van der Waals surface area contributed by atoms with Gasteiger partial charge in [0.2, 0.25) is 0 Å². The maximum Gasteiger partial charge on any atom is 0.315 e. The number of aromatic nitrogens is 1. The van der Waals surface area contributed by atoms with Gasteiger partial charge in [-0.05, 0) is 39.9 Å². The monoisotopic (exact) mass is 324 g/mol. The molecule has 5 nitrogen and oxygen atoms in total. The topological polar surface area (TPSA) is 57.3 Å². The van der Waals surface area contributed by atoms with Gasteiger partial charge in [-0.15, -0.1) is 11.3 Å². The number of nitrogens with zero attached hydrogens (tertiary/aromatic N) is 2. The molecule has 6 heteroatoms. The van der Waals surface area contributed by atoms with Crippen LogP contribution in [0.25, 0.3) is 0 Å². The van der Waals surface area contributed by atoms with E-state index in [2.05, 4.69) is 53.7 Å². The van der Waals surface area contributed by atoms with Crippen molar-refractivity contribution in [3.05, 3.63) is 16.1 Å². The fourth-order valence-corrected chi connectivity index (χ4v) is 3.52. The van der Waals surface area contributed by atoms with Gasteiger partial charge in [0.25, 0.3) is 0 Å². The molecule has 1 aromatic heterocycles. The highest BCUT2D eigenvalue weighted by Crippen LogP contribution is 2.26. The van der Waals surface area contributed by atoms with Gasteiger partial charge in [0.15, 0.2) is 0 Å². The van der Waals surface area contributed by atoms with Crippen LogP contribution in [0.3, 0.4) is 0 Å². The van der Waals surface area contributed by atoms with E-state index in [-0.39, 0.29) is 23.5 Å². The molecule has 0 unspecified atom stereocenters. The van der Waals surface area contributed by atoms with E-state index in [0.29, 0.717) is 0 Å². The average Bonchev–Trinajstić information content (AvgIpc) is 2.91. The van der Waals surface area contributed by atoms with Crippen LogP contribution >= 0.6 is 11.3 Å². The summed E-state index contributed by atoms with van der Waals surface area (Å²) in [5, 5.41) is 9.13. The van der Waals surface area contributed by atoms with Crippen molar-refractivity contribution in [2.45, 2.75) is 58.0 Å². The van der Waals surface area contributed by atoms with Gasteiger partial charge >= 0.3 is 6.03 Å². The lowest BCUT2D eigenvalue weighted by atomic mass is 9.93. The highest BCUT2D eigenvalue weighted by Gasteiger charge is 2.22. The van der Waals surface area contributed by atoms with Crippen LogP contribution in [0.15, 0.2) is 5.38 Å². The Bertz CT molecular complexity index is 500. The first-order valence-corrected chi connectivity index (χ1v) is 8.85.